The third-order valence-electron chi connectivity index (χ3n) is 7.38. The summed E-state index contributed by atoms with van der Waals surface area (Å²) in [6.45, 7) is 11.4. The zero-order valence-corrected chi connectivity index (χ0v) is 23.0. The molecule has 0 spiro atoms. The van der Waals surface area contributed by atoms with Gasteiger partial charge in [-0.1, -0.05) is 24.8 Å². The number of allylic oxidation sites excluding steroid dienone is 1. The predicted octanol–water partition coefficient (Wildman–Crippen LogP) is 3.72. The van der Waals surface area contributed by atoms with Gasteiger partial charge in [0, 0.05) is 44.5 Å². The number of piperazine rings is 1. The summed E-state index contributed by atoms with van der Waals surface area (Å²) >= 11 is 0. The Balaban J connectivity index is 1.40. The Morgan fingerprint density at radius 1 is 1.18 bits per heavy atom. The van der Waals surface area contributed by atoms with Crippen molar-refractivity contribution in [2.75, 3.05) is 50.5 Å². The van der Waals surface area contributed by atoms with Gasteiger partial charge in [0.2, 0.25) is 0 Å². The molecule has 0 bridgehead atoms. The number of nitrogens with one attached hydrogen (secondary N) is 2. The van der Waals surface area contributed by atoms with E-state index in [1.54, 1.807) is 6.92 Å². The number of amides is 2. The average molecular weight is 555 g/mol. The molecule has 2 aromatic carbocycles. The number of anilines is 2. The molecule has 0 saturated carbocycles. The third kappa shape index (κ3) is 6.04. The highest BCUT2D eigenvalue weighted by Crippen LogP contribution is 2.37. The zero-order valence-electron chi connectivity index (χ0n) is 23.0. The van der Waals surface area contributed by atoms with Crippen molar-refractivity contribution in [2.45, 2.75) is 32.4 Å². The van der Waals surface area contributed by atoms with Gasteiger partial charge in [0.15, 0.2) is 11.6 Å². The number of para-hydroxylation sites is 2. The lowest BCUT2D eigenvalue weighted by molar-refractivity contribution is -0.137. The number of ether oxygens (including phenoxy) is 1. The minimum Gasteiger partial charge on any atom is -0.466 e. The Kier molecular flexibility index (Phi) is 8.93. The highest BCUT2D eigenvalue weighted by molar-refractivity contribution is 5.93. The first-order chi connectivity index (χ1) is 19.1. The maximum Gasteiger partial charge on any atom is 0.337 e. The van der Waals surface area contributed by atoms with Gasteiger partial charge in [-0.2, -0.15) is 0 Å². The van der Waals surface area contributed by atoms with Crippen molar-refractivity contribution in [2.24, 2.45) is 0 Å². The van der Waals surface area contributed by atoms with E-state index in [9.17, 15) is 18.4 Å². The molecule has 0 aliphatic carbocycles. The zero-order chi connectivity index (χ0) is 29.0. The maximum atomic E-state index is 14.2. The molecule has 2 heterocycles. The van der Waals surface area contributed by atoms with Crippen LogP contribution < -0.4 is 21.3 Å². The van der Waals surface area contributed by atoms with Gasteiger partial charge in [0.25, 0.3) is 0 Å². The van der Waals surface area contributed by atoms with Crippen molar-refractivity contribution in [3.8, 4) is 0 Å². The van der Waals surface area contributed by atoms with E-state index in [1.165, 1.54) is 18.1 Å². The summed E-state index contributed by atoms with van der Waals surface area (Å²) < 4.78 is 32.8. The molecule has 1 fully saturated rings. The molecule has 40 heavy (non-hydrogen) atoms. The normalized spacial score (nSPS) is 19.9. The summed E-state index contributed by atoms with van der Waals surface area (Å²) in [5, 5.41) is 5.82. The third-order valence-corrected chi connectivity index (χ3v) is 7.38. The first-order valence-electron chi connectivity index (χ1n) is 13.2. The van der Waals surface area contributed by atoms with Crippen LogP contribution in [0.2, 0.25) is 0 Å². The van der Waals surface area contributed by atoms with E-state index in [1.807, 2.05) is 24.3 Å². The van der Waals surface area contributed by atoms with Gasteiger partial charge in [-0.05, 0) is 50.1 Å². The molecule has 2 amide bonds. The van der Waals surface area contributed by atoms with Crippen LogP contribution in [0.3, 0.4) is 0 Å². The predicted molar refractivity (Wildman–Crippen MR) is 150 cm³/mol. The van der Waals surface area contributed by atoms with E-state index in [4.69, 9.17) is 10.5 Å². The lowest BCUT2D eigenvalue weighted by atomic mass is 9.93. The smallest absolute Gasteiger partial charge is 0.337 e. The quantitative estimate of drug-likeness (QED) is 0.272. The fourth-order valence-corrected chi connectivity index (χ4v) is 5.33. The number of benzene rings is 2. The average Bonchev–Trinajstić information content (AvgIpc) is 2.92. The Bertz CT molecular complexity index is 1320. The maximum absolute atomic E-state index is 14.2. The first-order valence-corrected chi connectivity index (χ1v) is 13.2. The number of methoxy groups -OCH3 is 1. The minimum absolute atomic E-state index is 0.0989. The van der Waals surface area contributed by atoms with Crippen molar-refractivity contribution in [1.29, 1.82) is 0 Å². The van der Waals surface area contributed by atoms with Crippen LogP contribution in [0.4, 0.5) is 25.0 Å². The lowest BCUT2D eigenvalue weighted by Gasteiger charge is -2.41. The summed E-state index contributed by atoms with van der Waals surface area (Å²) in [5.74, 6) is -2.62. The molecular formula is C29H36F2N6O3. The van der Waals surface area contributed by atoms with E-state index in [2.05, 4.69) is 33.9 Å². The molecule has 0 radical (unpaired) electrons. The van der Waals surface area contributed by atoms with E-state index in [-0.39, 0.29) is 17.0 Å². The van der Waals surface area contributed by atoms with Crippen molar-refractivity contribution in [3.63, 3.8) is 0 Å². The van der Waals surface area contributed by atoms with E-state index >= 15 is 0 Å². The topological polar surface area (TPSA) is 103 Å². The number of esters is 1. The number of hydrogen-bond acceptors (Lipinski definition) is 7. The second-order valence-electron chi connectivity index (χ2n) is 10.0. The highest BCUT2D eigenvalue weighted by atomic mass is 19.2. The molecule has 2 aliphatic rings. The number of carbonyl (C=O) groups is 2. The van der Waals surface area contributed by atoms with Gasteiger partial charge in [-0.15, -0.1) is 0 Å². The largest absolute Gasteiger partial charge is 0.466 e. The van der Waals surface area contributed by atoms with Crippen LogP contribution in [0.25, 0.3) is 0 Å². The summed E-state index contributed by atoms with van der Waals surface area (Å²) in [7, 11) is 1.22. The van der Waals surface area contributed by atoms with Crippen molar-refractivity contribution >= 4 is 23.4 Å². The Labute approximate surface area is 233 Å². The molecule has 4 rings (SSSR count). The molecule has 1 saturated heterocycles. The summed E-state index contributed by atoms with van der Waals surface area (Å²) in [6, 6.07) is 9.83. The number of urea groups is 1. The fraction of sp³-hybridized carbons (Fsp3) is 0.379. The monoisotopic (exact) mass is 554 g/mol. The molecule has 0 aromatic heterocycles. The first kappa shape index (κ1) is 28.9. The van der Waals surface area contributed by atoms with Crippen LogP contribution in [0.5, 0.6) is 0 Å². The van der Waals surface area contributed by atoms with Gasteiger partial charge >= 0.3 is 12.0 Å². The summed E-state index contributed by atoms with van der Waals surface area (Å²) in [5.41, 5.74) is 8.68. The number of nitrogen functional groups attached to an aromatic ring is 1. The molecule has 214 valence electrons. The van der Waals surface area contributed by atoms with Gasteiger partial charge in [-0.25, -0.2) is 18.4 Å². The standard InChI is InChI=1S/C29H36F2N6O3/c1-18-17-36(25-9-6-5-8-24(25)32)15-14-35(18)13-7-12-33-29(39)37-20(3)34-19(2)26(28(38)40-4)27(37)21-10-11-22(30)23(31)16-21/h5-6,8-11,16,18,27,34H,3,7,12-15,17,32H2,1-2,4H3,(H,33,39)/t18-,27?/m0/s1. The van der Waals surface area contributed by atoms with E-state index in [0.717, 1.165) is 49.7 Å². The molecule has 4 N–H and O–H groups in total. The van der Waals surface area contributed by atoms with Crippen LogP contribution in [0, 0.1) is 11.6 Å². The summed E-state index contributed by atoms with van der Waals surface area (Å²) in [6.07, 6.45) is 0.686. The van der Waals surface area contributed by atoms with Crippen molar-refractivity contribution in [3.05, 3.63) is 83.3 Å². The Morgan fingerprint density at radius 3 is 2.60 bits per heavy atom. The number of nitrogens with zero attached hydrogens (tertiary/aromatic N) is 3. The van der Waals surface area contributed by atoms with Crippen LogP contribution >= 0.6 is 0 Å². The molecule has 11 heteroatoms. The molecule has 1 unspecified atom stereocenters. The number of rotatable bonds is 7. The van der Waals surface area contributed by atoms with Gasteiger partial charge in [0.05, 0.1) is 30.1 Å². The molecule has 2 atom stereocenters. The van der Waals surface area contributed by atoms with Crippen LogP contribution in [0.15, 0.2) is 66.1 Å². The number of halogens is 2. The van der Waals surface area contributed by atoms with Gasteiger partial charge < -0.3 is 26.0 Å². The Hall–Kier alpha value is -4.12. The minimum atomic E-state index is -1.09. The summed E-state index contributed by atoms with van der Waals surface area (Å²) in [4.78, 5) is 32.0. The SMILES string of the molecule is C=C1NC(C)=C(C(=O)OC)C(c2ccc(F)c(F)c2)N1C(=O)NCCCN1CCN(c2ccccc2N)C[C@@H]1C. The molecule has 9 nitrogen and oxygen atoms in total. The number of nitrogens with two attached hydrogens (primary N) is 1. The van der Waals surface area contributed by atoms with Crippen LogP contribution in [-0.2, 0) is 9.53 Å². The van der Waals surface area contributed by atoms with Crippen molar-refractivity contribution in [1.82, 2.24) is 20.4 Å². The van der Waals surface area contributed by atoms with Crippen molar-refractivity contribution < 1.29 is 23.1 Å². The fourth-order valence-electron chi connectivity index (χ4n) is 5.33. The Morgan fingerprint density at radius 2 is 1.93 bits per heavy atom. The molecular weight excluding hydrogens is 518 g/mol. The lowest BCUT2D eigenvalue weighted by Crippen LogP contribution is -2.53. The van der Waals surface area contributed by atoms with Gasteiger partial charge in [0.1, 0.15) is 5.82 Å². The van der Waals surface area contributed by atoms with Crippen LogP contribution in [0.1, 0.15) is 31.9 Å². The molecule has 2 aromatic rings. The second-order valence-corrected chi connectivity index (χ2v) is 10.0. The van der Waals surface area contributed by atoms with E-state index < -0.39 is 29.7 Å². The van der Waals surface area contributed by atoms with E-state index in [0.29, 0.717) is 24.7 Å². The molecule has 2 aliphatic heterocycles. The highest BCUT2D eigenvalue weighted by Gasteiger charge is 2.39. The number of carbonyl (C=O) groups excluding carboxylic acids is 2. The van der Waals surface area contributed by atoms with Gasteiger partial charge in [-0.3, -0.25) is 9.80 Å². The van der Waals surface area contributed by atoms with Crippen LogP contribution in [-0.4, -0.2) is 67.7 Å². The number of hydrogen-bond donors (Lipinski definition) is 3. The second kappa shape index (κ2) is 12.4.